The molecule has 6 nitrogen and oxygen atoms in total. The van der Waals surface area contributed by atoms with Gasteiger partial charge in [0.15, 0.2) is 6.10 Å². The Morgan fingerprint density at radius 2 is 0.557 bits per heavy atom. The van der Waals surface area contributed by atoms with Crippen LogP contribution in [0.15, 0.2) is 109 Å². The molecule has 0 aliphatic carbocycles. The quantitative estimate of drug-likeness (QED) is 0.0262. The molecule has 1 atom stereocenters. The van der Waals surface area contributed by atoms with Gasteiger partial charge in [0.2, 0.25) is 0 Å². The summed E-state index contributed by atoms with van der Waals surface area (Å²) < 4.78 is 16.8. The Hall–Kier alpha value is -3.93. The van der Waals surface area contributed by atoms with E-state index in [1.165, 1.54) is 96.3 Å². The number of hydrogen-bond donors (Lipinski definition) is 0. The highest BCUT2D eigenvalue weighted by molar-refractivity contribution is 5.71. The van der Waals surface area contributed by atoms with E-state index in [0.29, 0.717) is 19.3 Å². The highest BCUT2D eigenvalue weighted by Crippen LogP contribution is 2.14. The van der Waals surface area contributed by atoms with E-state index in [2.05, 4.69) is 130 Å². The summed E-state index contributed by atoms with van der Waals surface area (Å²) in [6, 6.07) is 0. The Morgan fingerprint density at radius 3 is 0.900 bits per heavy atom. The number of esters is 3. The molecule has 0 radical (unpaired) electrons. The minimum Gasteiger partial charge on any atom is -0.462 e. The van der Waals surface area contributed by atoms with Gasteiger partial charge in [-0.3, -0.25) is 14.4 Å². The molecule has 0 aliphatic rings. The molecule has 0 heterocycles. The number of carbonyl (C=O) groups excluding carboxylic acids is 3. The maximum absolute atomic E-state index is 12.8. The van der Waals surface area contributed by atoms with Gasteiger partial charge in [-0.05, 0) is 109 Å². The Morgan fingerprint density at radius 1 is 0.300 bits per heavy atom. The Labute approximate surface area is 431 Å². The molecule has 0 aliphatic heterocycles. The topological polar surface area (TPSA) is 78.9 Å². The van der Waals surface area contributed by atoms with Gasteiger partial charge in [-0.1, -0.05) is 239 Å². The molecular weight excluding hydrogens is 865 g/mol. The van der Waals surface area contributed by atoms with Gasteiger partial charge in [0.05, 0.1) is 0 Å². The van der Waals surface area contributed by atoms with Crippen molar-refractivity contribution in [1.29, 1.82) is 0 Å². The van der Waals surface area contributed by atoms with E-state index in [0.717, 1.165) is 122 Å². The fraction of sp³-hybridized carbons (Fsp3) is 0.672. The first kappa shape index (κ1) is 66.1. The number of allylic oxidation sites excluding steroid dienone is 18. The van der Waals surface area contributed by atoms with Crippen molar-refractivity contribution in [3.05, 3.63) is 109 Å². The van der Waals surface area contributed by atoms with E-state index < -0.39 is 6.10 Å². The fourth-order valence-corrected chi connectivity index (χ4v) is 7.69. The van der Waals surface area contributed by atoms with E-state index in [1.54, 1.807) is 0 Å². The van der Waals surface area contributed by atoms with Crippen LogP contribution in [0.5, 0.6) is 0 Å². The number of carbonyl (C=O) groups is 3. The van der Waals surface area contributed by atoms with Gasteiger partial charge in [0.25, 0.3) is 0 Å². The van der Waals surface area contributed by atoms with E-state index in [1.807, 2.05) is 0 Å². The van der Waals surface area contributed by atoms with Crippen LogP contribution in [0.25, 0.3) is 0 Å². The third kappa shape index (κ3) is 55.0. The van der Waals surface area contributed by atoms with Crippen molar-refractivity contribution in [2.75, 3.05) is 13.2 Å². The third-order valence-corrected chi connectivity index (χ3v) is 12.0. The zero-order chi connectivity index (χ0) is 50.7. The van der Waals surface area contributed by atoms with Crippen LogP contribution in [0.1, 0.15) is 258 Å². The van der Waals surface area contributed by atoms with Crippen molar-refractivity contribution in [2.45, 2.75) is 264 Å². The molecule has 0 amide bonds. The fourth-order valence-electron chi connectivity index (χ4n) is 7.69. The summed E-state index contributed by atoms with van der Waals surface area (Å²) in [5, 5.41) is 0. The van der Waals surface area contributed by atoms with Crippen LogP contribution in [-0.2, 0) is 28.6 Å². The van der Waals surface area contributed by atoms with Crippen molar-refractivity contribution in [1.82, 2.24) is 0 Å². The van der Waals surface area contributed by atoms with Gasteiger partial charge in [-0.15, -0.1) is 0 Å². The Kier molecular flexibility index (Phi) is 54.4. The van der Waals surface area contributed by atoms with Crippen LogP contribution in [0.3, 0.4) is 0 Å². The molecule has 0 N–H and O–H groups in total. The van der Waals surface area contributed by atoms with Gasteiger partial charge in [0, 0.05) is 19.3 Å². The Balaban J connectivity index is 4.37. The number of unbranched alkanes of at least 4 members (excludes halogenated alkanes) is 22. The van der Waals surface area contributed by atoms with Gasteiger partial charge < -0.3 is 14.2 Å². The lowest BCUT2D eigenvalue weighted by molar-refractivity contribution is -0.167. The summed E-state index contributed by atoms with van der Waals surface area (Å²) in [4.78, 5) is 38.0. The average Bonchev–Trinajstić information content (AvgIpc) is 3.36. The minimum absolute atomic E-state index is 0.0921. The van der Waals surface area contributed by atoms with Crippen LogP contribution < -0.4 is 0 Å². The molecule has 0 saturated carbocycles. The predicted octanol–water partition coefficient (Wildman–Crippen LogP) is 19.5. The number of hydrogen-bond acceptors (Lipinski definition) is 6. The van der Waals surface area contributed by atoms with E-state index in [4.69, 9.17) is 14.2 Å². The van der Waals surface area contributed by atoms with Gasteiger partial charge in [-0.25, -0.2) is 0 Å². The third-order valence-electron chi connectivity index (χ3n) is 12.0. The van der Waals surface area contributed by atoms with Crippen molar-refractivity contribution < 1.29 is 28.6 Å². The molecule has 6 heteroatoms. The van der Waals surface area contributed by atoms with Crippen molar-refractivity contribution >= 4 is 17.9 Å². The second-order valence-corrected chi connectivity index (χ2v) is 18.8. The molecule has 0 rings (SSSR count). The van der Waals surface area contributed by atoms with Crippen LogP contribution in [-0.4, -0.2) is 37.2 Å². The molecule has 0 aromatic rings. The first-order valence-corrected chi connectivity index (χ1v) is 28.9. The van der Waals surface area contributed by atoms with E-state index in [9.17, 15) is 14.4 Å². The largest absolute Gasteiger partial charge is 0.462 e. The highest BCUT2D eigenvalue weighted by atomic mass is 16.6. The average molecular weight is 972 g/mol. The smallest absolute Gasteiger partial charge is 0.306 e. The molecule has 0 aromatic heterocycles. The summed E-state index contributed by atoms with van der Waals surface area (Å²) in [6.45, 7) is 6.45. The lowest BCUT2D eigenvalue weighted by Gasteiger charge is -2.18. The van der Waals surface area contributed by atoms with Crippen LogP contribution in [0.4, 0.5) is 0 Å². The molecule has 0 spiro atoms. The summed E-state index contributed by atoms with van der Waals surface area (Å²) in [7, 11) is 0. The summed E-state index contributed by atoms with van der Waals surface area (Å²) in [6.07, 6.45) is 78.0. The molecule has 0 fully saturated rings. The first-order chi connectivity index (χ1) is 34.5. The van der Waals surface area contributed by atoms with Gasteiger partial charge >= 0.3 is 17.9 Å². The number of rotatable bonds is 51. The Bertz CT molecular complexity index is 1440. The summed E-state index contributed by atoms with van der Waals surface area (Å²) in [5.41, 5.74) is 0. The van der Waals surface area contributed by atoms with Crippen LogP contribution in [0, 0.1) is 0 Å². The molecule has 0 aromatic carbocycles. The standard InChI is InChI=1S/C64H106O6/c1-4-7-10-13-16-19-21-23-25-27-29-30-31-32-33-34-35-37-38-40-42-45-48-51-54-57-63(66)69-60-61(59-68-62(65)56-53-50-47-44-18-15-12-9-6-3)70-64(67)58-55-52-49-46-43-41-39-36-28-26-24-22-20-17-14-11-8-5-2/h7,10,16,19-20,22-23,25-26,28-30,32-33,35,37,40,42,61H,4-6,8-9,11-15,17-18,21,24,27,31,34,36,38-39,41,43-60H2,1-3H3/b10-7-,19-16-,22-20-,25-23-,28-26-,30-29-,33-32-,37-35-,42-40-. The van der Waals surface area contributed by atoms with Crippen molar-refractivity contribution in [3.63, 3.8) is 0 Å². The second kappa shape index (κ2) is 57.6. The summed E-state index contributed by atoms with van der Waals surface area (Å²) >= 11 is 0. The maximum Gasteiger partial charge on any atom is 0.306 e. The van der Waals surface area contributed by atoms with E-state index >= 15 is 0 Å². The number of ether oxygens (including phenoxy) is 3. The second-order valence-electron chi connectivity index (χ2n) is 18.8. The molecular formula is C64H106O6. The minimum atomic E-state index is -0.796. The maximum atomic E-state index is 12.8. The first-order valence-electron chi connectivity index (χ1n) is 28.9. The SMILES string of the molecule is CC/C=C\C/C=C\C/C=C\C/C=C\C/C=C\C/C=C\C/C=C\CCCCCC(=O)OCC(COC(=O)CCCCCCCCCCC)OC(=O)CCCCCCCCC/C=C\C/C=C\CCCCCC. The van der Waals surface area contributed by atoms with Crippen LogP contribution >= 0.6 is 0 Å². The lowest BCUT2D eigenvalue weighted by atomic mass is 10.1. The zero-order valence-electron chi connectivity index (χ0n) is 45.5. The highest BCUT2D eigenvalue weighted by Gasteiger charge is 2.19. The van der Waals surface area contributed by atoms with Gasteiger partial charge in [0.1, 0.15) is 13.2 Å². The van der Waals surface area contributed by atoms with Crippen LogP contribution in [0.2, 0.25) is 0 Å². The zero-order valence-corrected chi connectivity index (χ0v) is 45.5. The molecule has 0 bridgehead atoms. The molecule has 1 unspecified atom stereocenters. The molecule has 0 saturated heterocycles. The van der Waals surface area contributed by atoms with Gasteiger partial charge in [-0.2, -0.15) is 0 Å². The predicted molar refractivity (Wildman–Crippen MR) is 302 cm³/mol. The molecule has 398 valence electrons. The van der Waals surface area contributed by atoms with Crippen molar-refractivity contribution in [3.8, 4) is 0 Å². The monoisotopic (exact) mass is 971 g/mol. The summed E-state index contributed by atoms with van der Waals surface area (Å²) in [5.74, 6) is -0.937. The molecule has 70 heavy (non-hydrogen) atoms. The lowest BCUT2D eigenvalue weighted by Crippen LogP contribution is -2.30. The van der Waals surface area contributed by atoms with Crippen molar-refractivity contribution in [2.24, 2.45) is 0 Å². The normalized spacial score (nSPS) is 12.9. The van der Waals surface area contributed by atoms with E-state index in [-0.39, 0.29) is 31.1 Å².